The third-order valence-corrected chi connectivity index (χ3v) is 5.63. The number of ether oxygens (including phenoxy) is 1. The van der Waals surface area contributed by atoms with Crippen LogP contribution in [0.15, 0.2) is 0 Å². The van der Waals surface area contributed by atoms with E-state index in [1.54, 1.807) is 6.92 Å². The van der Waals surface area contributed by atoms with Gasteiger partial charge in [-0.3, -0.25) is 14.5 Å². The quantitative estimate of drug-likeness (QED) is 0.703. The number of nitrogens with one attached hydrogen (secondary N) is 1. The summed E-state index contributed by atoms with van der Waals surface area (Å²) in [5, 5.41) is 3.39. The van der Waals surface area contributed by atoms with E-state index in [-0.39, 0.29) is 30.9 Å². The number of aryl methyl sites for hydroxylation is 1. The summed E-state index contributed by atoms with van der Waals surface area (Å²) in [6.45, 7) is 7.37. The molecule has 1 aliphatic rings. The SMILES string of the molecule is CCOC(=O)c1c(NC(=O)CN2CCC[C@@H](C(N)=O)C2)sc(C)c1CC. The summed E-state index contributed by atoms with van der Waals surface area (Å²) in [5.41, 5.74) is 6.75. The molecule has 0 aromatic carbocycles. The molecule has 0 bridgehead atoms. The third kappa shape index (κ3) is 4.82. The molecule has 7 nitrogen and oxygen atoms in total. The van der Waals surface area contributed by atoms with Crippen molar-refractivity contribution < 1.29 is 19.1 Å². The summed E-state index contributed by atoms with van der Waals surface area (Å²) in [6.07, 6.45) is 2.30. The normalized spacial score (nSPS) is 17.7. The highest BCUT2D eigenvalue weighted by molar-refractivity contribution is 7.16. The molecule has 0 spiro atoms. The first-order chi connectivity index (χ1) is 12.4. The van der Waals surface area contributed by atoms with Crippen molar-refractivity contribution >= 4 is 34.1 Å². The topological polar surface area (TPSA) is 102 Å². The van der Waals surface area contributed by atoms with Crippen LogP contribution >= 0.6 is 11.3 Å². The Balaban J connectivity index is 2.09. The van der Waals surface area contributed by atoms with Gasteiger partial charge in [0.25, 0.3) is 0 Å². The zero-order valence-corrected chi connectivity index (χ0v) is 16.4. The van der Waals surface area contributed by atoms with Gasteiger partial charge in [0.15, 0.2) is 0 Å². The number of amides is 2. The third-order valence-electron chi connectivity index (χ3n) is 4.57. The summed E-state index contributed by atoms with van der Waals surface area (Å²) in [4.78, 5) is 39.1. The highest BCUT2D eigenvalue weighted by Gasteiger charge is 2.27. The van der Waals surface area contributed by atoms with Crippen molar-refractivity contribution in [3.63, 3.8) is 0 Å². The van der Waals surface area contributed by atoms with E-state index in [9.17, 15) is 14.4 Å². The highest BCUT2D eigenvalue weighted by Crippen LogP contribution is 2.34. The van der Waals surface area contributed by atoms with Crippen LogP contribution in [-0.2, 0) is 20.7 Å². The second-order valence-corrected chi connectivity index (χ2v) is 7.66. The van der Waals surface area contributed by atoms with Crippen molar-refractivity contribution in [2.45, 2.75) is 40.0 Å². The van der Waals surface area contributed by atoms with Crippen LogP contribution < -0.4 is 11.1 Å². The number of hydrogen-bond donors (Lipinski definition) is 2. The van der Waals surface area contributed by atoms with Gasteiger partial charge in [-0.15, -0.1) is 11.3 Å². The smallest absolute Gasteiger partial charge is 0.341 e. The van der Waals surface area contributed by atoms with Crippen LogP contribution in [0.25, 0.3) is 0 Å². The number of hydrogen-bond acceptors (Lipinski definition) is 6. The van der Waals surface area contributed by atoms with Gasteiger partial charge in [0.1, 0.15) is 5.00 Å². The molecule has 1 aliphatic heterocycles. The number of nitrogens with two attached hydrogens (primary N) is 1. The van der Waals surface area contributed by atoms with Gasteiger partial charge >= 0.3 is 5.97 Å². The van der Waals surface area contributed by atoms with Gasteiger partial charge in [-0.05, 0) is 45.2 Å². The van der Waals surface area contributed by atoms with Gasteiger partial charge in [0.05, 0.1) is 24.6 Å². The van der Waals surface area contributed by atoms with Gasteiger partial charge in [-0.25, -0.2) is 4.79 Å². The maximum absolute atomic E-state index is 12.5. The number of anilines is 1. The Kier molecular flexibility index (Phi) is 7.16. The standard InChI is InChI=1S/C18H27N3O4S/c1-4-13-11(3)26-17(15(13)18(24)25-5-2)20-14(22)10-21-8-6-7-12(9-21)16(19)23/h12H,4-10H2,1-3H3,(H2,19,23)(H,20,22)/t12-/m1/s1. The van der Waals surface area contributed by atoms with E-state index in [0.29, 0.717) is 23.5 Å². The molecule has 1 fully saturated rings. The Bertz CT molecular complexity index is 686. The molecular formula is C18H27N3O4S. The van der Waals surface area contributed by atoms with Crippen molar-refractivity contribution in [2.75, 3.05) is 31.6 Å². The van der Waals surface area contributed by atoms with Gasteiger partial charge in [0.2, 0.25) is 11.8 Å². The number of primary amides is 1. The van der Waals surface area contributed by atoms with Gasteiger partial charge < -0.3 is 15.8 Å². The fraction of sp³-hybridized carbons (Fsp3) is 0.611. The maximum Gasteiger partial charge on any atom is 0.341 e. The predicted octanol–water partition coefficient (Wildman–Crippen LogP) is 1.93. The Morgan fingerprint density at radius 1 is 1.35 bits per heavy atom. The molecule has 8 heteroatoms. The van der Waals surface area contributed by atoms with Gasteiger partial charge in [-0.2, -0.15) is 0 Å². The van der Waals surface area contributed by atoms with Crippen LogP contribution in [-0.4, -0.2) is 48.9 Å². The second kappa shape index (κ2) is 9.14. The molecule has 3 N–H and O–H groups in total. The molecule has 1 saturated heterocycles. The lowest BCUT2D eigenvalue weighted by molar-refractivity contribution is -0.125. The molecule has 1 aromatic rings. The number of esters is 1. The summed E-state index contributed by atoms with van der Waals surface area (Å²) in [6, 6.07) is 0. The second-order valence-electron chi connectivity index (χ2n) is 6.44. The van der Waals surface area contributed by atoms with E-state index >= 15 is 0 Å². The van der Waals surface area contributed by atoms with Crippen molar-refractivity contribution in [1.29, 1.82) is 0 Å². The first kappa shape index (κ1) is 20.4. The highest BCUT2D eigenvalue weighted by atomic mass is 32.1. The van der Waals surface area contributed by atoms with Gasteiger partial charge in [-0.1, -0.05) is 6.92 Å². The van der Waals surface area contributed by atoms with Crippen LogP contribution in [0, 0.1) is 12.8 Å². The summed E-state index contributed by atoms with van der Waals surface area (Å²) in [5.74, 6) is -1.14. The fourth-order valence-electron chi connectivity index (χ4n) is 3.31. The summed E-state index contributed by atoms with van der Waals surface area (Å²) < 4.78 is 5.15. The van der Waals surface area contributed by atoms with Crippen molar-refractivity contribution in [1.82, 2.24) is 4.90 Å². The molecule has 2 heterocycles. The minimum absolute atomic E-state index is 0.171. The zero-order chi connectivity index (χ0) is 19.3. The number of thiophene rings is 1. The summed E-state index contributed by atoms with van der Waals surface area (Å²) in [7, 11) is 0. The predicted molar refractivity (Wildman–Crippen MR) is 101 cm³/mol. The Labute approximate surface area is 157 Å². The lowest BCUT2D eigenvalue weighted by Crippen LogP contribution is -2.44. The van der Waals surface area contributed by atoms with E-state index in [1.165, 1.54) is 11.3 Å². The fourth-order valence-corrected chi connectivity index (χ4v) is 4.46. The zero-order valence-electron chi connectivity index (χ0n) is 15.6. The van der Waals surface area contributed by atoms with E-state index in [2.05, 4.69) is 5.32 Å². The number of carbonyl (C=O) groups is 3. The molecule has 144 valence electrons. The number of nitrogens with zero attached hydrogens (tertiary/aromatic N) is 1. The molecule has 0 unspecified atom stereocenters. The van der Waals surface area contributed by atoms with E-state index in [0.717, 1.165) is 29.8 Å². The lowest BCUT2D eigenvalue weighted by Gasteiger charge is -2.30. The number of likely N-dealkylation sites (tertiary alicyclic amines) is 1. The molecule has 0 saturated carbocycles. The number of piperidine rings is 1. The van der Waals surface area contributed by atoms with E-state index in [1.807, 2.05) is 18.7 Å². The Hall–Kier alpha value is -1.93. The van der Waals surface area contributed by atoms with Crippen LogP contribution in [0.4, 0.5) is 5.00 Å². The average Bonchev–Trinajstić information content (AvgIpc) is 2.90. The Morgan fingerprint density at radius 2 is 2.08 bits per heavy atom. The molecule has 1 aromatic heterocycles. The molecular weight excluding hydrogens is 354 g/mol. The average molecular weight is 381 g/mol. The van der Waals surface area contributed by atoms with Crippen molar-refractivity contribution in [3.05, 3.63) is 16.0 Å². The molecule has 1 atom stereocenters. The molecule has 0 aliphatic carbocycles. The molecule has 2 rings (SSSR count). The first-order valence-electron chi connectivity index (χ1n) is 8.98. The first-order valence-corrected chi connectivity index (χ1v) is 9.79. The largest absolute Gasteiger partial charge is 0.462 e. The van der Waals surface area contributed by atoms with Crippen molar-refractivity contribution in [2.24, 2.45) is 11.7 Å². The van der Waals surface area contributed by atoms with E-state index < -0.39 is 5.97 Å². The summed E-state index contributed by atoms with van der Waals surface area (Å²) >= 11 is 1.39. The van der Waals surface area contributed by atoms with E-state index in [4.69, 9.17) is 10.5 Å². The monoisotopic (exact) mass is 381 g/mol. The van der Waals surface area contributed by atoms with Crippen LogP contribution in [0.3, 0.4) is 0 Å². The number of rotatable bonds is 7. The van der Waals surface area contributed by atoms with Crippen LogP contribution in [0.2, 0.25) is 0 Å². The Morgan fingerprint density at radius 3 is 2.69 bits per heavy atom. The minimum Gasteiger partial charge on any atom is -0.462 e. The van der Waals surface area contributed by atoms with Gasteiger partial charge in [0, 0.05) is 11.4 Å². The van der Waals surface area contributed by atoms with Crippen LogP contribution in [0.1, 0.15) is 47.5 Å². The molecule has 26 heavy (non-hydrogen) atoms. The van der Waals surface area contributed by atoms with Crippen LogP contribution in [0.5, 0.6) is 0 Å². The number of carbonyl (C=O) groups excluding carboxylic acids is 3. The molecule has 2 amide bonds. The minimum atomic E-state index is -0.407. The van der Waals surface area contributed by atoms with Crippen molar-refractivity contribution in [3.8, 4) is 0 Å². The maximum atomic E-state index is 12.5. The molecule has 0 radical (unpaired) electrons. The lowest BCUT2D eigenvalue weighted by atomic mass is 9.97.